The van der Waals surface area contributed by atoms with Crippen molar-refractivity contribution in [3.8, 4) is 0 Å². The van der Waals surface area contributed by atoms with Crippen LogP contribution in [0.25, 0.3) is 10.9 Å². The lowest BCUT2D eigenvalue weighted by molar-refractivity contribution is 0.155. The van der Waals surface area contributed by atoms with Crippen LogP contribution < -0.4 is 0 Å². The molecule has 5 rings (SSSR count). The molecule has 140 valence electrons. The van der Waals surface area contributed by atoms with E-state index < -0.39 is 6.10 Å². The predicted octanol–water partition coefficient (Wildman–Crippen LogP) is 4.53. The maximum atomic E-state index is 10.9. The summed E-state index contributed by atoms with van der Waals surface area (Å²) in [6, 6.07) is 8.74. The lowest BCUT2D eigenvalue weighted by atomic mass is 9.95. The Morgan fingerprint density at radius 2 is 2.04 bits per heavy atom. The van der Waals surface area contributed by atoms with Crippen molar-refractivity contribution in [2.24, 2.45) is 0 Å². The fourth-order valence-electron chi connectivity index (χ4n) is 4.96. The average molecular weight is 426 g/mol. The lowest BCUT2D eigenvalue weighted by Crippen LogP contribution is -2.31. The third-order valence-corrected chi connectivity index (χ3v) is 7.31. The zero-order valence-corrected chi connectivity index (χ0v) is 17.1. The minimum absolute atomic E-state index is 0.522. The highest BCUT2D eigenvalue weighted by Gasteiger charge is 2.36. The van der Waals surface area contributed by atoms with Gasteiger partial charge in [0.25, 0.3) is 0 Å². The number of pyridine rings is 1. The molecule has 1 fully saturated rings. The summed E-state index contributed by atoms with van der Waals surface area (Å²) in [5.41, 5.74) is 6.33. The first-order chi connectivity index (χ1) is 13.1. The Kier molecular flexibility index (Phi) is 4.34. The number of fused-ring (bicyclic) bond motifs is 5. The Morgan fingerprint density at radius 3 is 2.85 bits per heavy atom. The van der Waals surface area contributed by atoms with Crippen LogP contribution in [0.4, 0.5) is 0 Å². The molecule has 2 aliphatic heterocycles. The number of benzene rings is 1. The summed E-state index contributed by atoms with van der Waals surface area (Å²) in [5.74, 6) is 0. The topological polar surface area (TPSA) is 41.3 Å². The quantitative estimate of drug-likeness (QED) is 0.669. The van der Waals surface area contributed by atoms with E-state index in [9.17, 15) is 5.11 Å². The lowest BCUT2D eigenvalue weighted by Gasteiger charge is -2.31. The molecule has 2 aliphatic rings. The van der Waals surface area contributed by atoms with Crippen LogP contribution in [-0.4, -0.2) is 32.6 Å². The van der Waals surface area contributed by atoms with Gasteiger partial charge in [-0.25, -0.2) is 0 Å². The van der Waals surface area contributed by atoms with Crippen molar-refractivity contribution in [2.75, 3.05) is 13.1 Å². The first-order valence-electron chi connectivity index (χ1n) is 9.77. The molecule has 0 radical (unpaired) electrons. The number of hydrogen-bond acceptors (Lipinski definition) is 3. The maximum absolute atomic E-state index is 10.9. The summed E-state index contributed by atoms with van der Waals surface area (Å²) in [6.07, 6.45) is 6.53. The SMILES string of the molecule is Cc1ccc2c(c1Br)c1c(n2CC(O)c2ccncc2)CCN2CCCC12. The van der Waals surface area contributed by atoms with Gasteiger partial charge in [-0.15, -0.1) is 0 Å². The van der Waals surface area contributed by atoms with E-state index >= 15 is 0 Å². The number of nitrogens with zero attached hydrogens (tertiary/aromatic N) is 3. The van der Waals surface area contributed by atoms with Crippen molar-refractivity contribution in [3.05, 3.63) is 63.5 Å². The van der Waals surface area contributed by atoms with E-state index in [2.05, 4.69) is 49.4 Å². The summed E-state index contributed by atoms with van der Waals surface area (Å²) in [4.78, 5) is 6.71. The van der Waals surface area contributed by atoms with E-state index in [1.54, 1.807) is 12.4 Å². The van der Waals surface area contributed by atoms with Gasteiger partial charge in [0.05, 0.1) is 12.6 Å². The summed E-state index contributed by atoms with van der Waals surface area (Å²) in [6.45, 7) is 5.07. The molecule has 2 unspecified atom stereocenters. The number of rotatable bonds is 3. The van der Waals surface area contributed by atoms with Gasteiger partial charge in [0.15, 0.2) is 0 Å². The third-order valence-electron chi connectivity index (χ3n) is 6.29. The highest BCUT2D eigenvalue weighted by molar-refractivity contribution is 9.10. The summed E-state index contributed by atoms with van der Waals surface area (Å²) < 4.78 is 3.58. The third kappa shape index (κ3) is 2.75. The zero-order chi connectivity index (χ0) is 18.5. The van der Waals surface area contributed by atoms with Crippen LogP contribution in [0.5, 0.6) is 0 Å². The standard InChI is InChI=1S/C22H24BrN3O/c1-14-4-5-17-21(22(14)23)20-16-3-2-11-25(16)12-8-18(20)26(17)13-19(27)15-6-9-24-10-7-15/h4-7,9-10,16,19,27H,2-3,8,11-13H2,1H3. The van der Waals surface area contributed by atoms with Gasteiger partial charge in [-0.1, -0.05) is 6.07 Å². The van der Waals surface area contributed by atoms with Crippen molar-refractivity contribution in [1.82, 2.24) is 14.5 Å². The van der Waals surface area contributed by atoms with E-state index in [0.717, 1.165) is 18.5 Å². The minimum Gasteiger partial charge on any atom is -0.387 e. The van der Waals surface area contributed by atoms with E-state index in [1.807, 2.05) is 12.1 Å². The summed E-state index contributed by atoms with van der Waals surface area (Å²) in [5, 5.41) is 12.2. The number of hydrogen-bond donors (Lipinski definition) is 1. The Hall–Kier alpha value is -1.69. The molecule has 4 heterocycles. The fourth-order valence-corrected chi connectivity index (χ4v) is 5.51. The van der Waals surface area contributed by atoms with Gasteiger partial charge >= 0.3 is 0 Å². The zero-order valence-electron chi connectivity index (χ0n) is 15.5. The van der Waals surface area contributed by atoms with Crippen LogP contribution in [-0.2, 0) is 13.0 Å². The molecular formula is C22H24BrN3O. The molecule has 0 saturated carbocycles. The Labute approximate surface area is 168 Å². The highest BCUT2D eigenvalue weighted by Crippen LogP contribution is 2.46. The van der Waals surface area contributed by atoms with Crippen LogP contribution in [0, 0.1) is 6.92 Å². The van der Waals surface area contributed by atoms with Crippen LogP contribution in [0.2, 0.25) is 0 Å². The molecule has 4 nitrogen and oxygen atoms in total. The van der Waals surface area contributed by atoms with Gasteiger partial charge in [-0.2, -0.15) is 0 Å². The van der Waals surface area contributed by atoms with E-state index in [1.165, 1.54) is 51.6 Å². The maximum Gasteiger partial charge on any atom is 0.0970 e. The molecule has 1 saturated heterocycles. The molecule has 1 aromatic carbocycles. The van der Waals surface area contributed by atoms with Gasteiger partial charge in [0, 0.05) is 52.5 Å². The molecule has 2 aromatic heterocycles. The second-order valence-electron chi connectivity index (χ2n) is 7.80. The molecule has 3 aromatic rings. The number of aromatic nitrogens is 2. The number of aliphatic hydroxyl groups is 1. The minimum atomic E-state index is -0.533. The molecule has 0 bridgehead atoms. The van der Waals surface area contributed by atoms with Gasteiger partial charge in [-0.3, -0.25) is 9.88 Å². The highest BCUT2D eigenvalue weighted by atomic mass is 79.9. The largest absolute Gasteiger partial charge is 0.387 e. The van der Waals surface area contributed by atoms with Crippen LogP contribution in [0.1, 0.15) is 47.4 Å². The molecule has 0 aliphatic carbocycles. The Morgan fingerprint density at radius 1 is 1.22 bits per heavy atom. The number of aliphatic hydroxyl groups excluding tert-OH is 1. The van der Waals surface area contributed by atoms with E-state index in [0.29, 0.717) is 12.6 Å². The normalized spacial score (nSPS) is 20.6. The average Bonchev–Trinajstić information content (AvgIpc) is 3.28. The molecule has 0 amide bonds. The van der Waals surface area contributed by atoms with Gasteiger partial charge in [-0.05, 0) is 77.1 Å². The Bertz CT molecular complexity index is 998. The van der Waals surface area contributed by atoms with E-state index in [4.69, 9.17) is 0 Å². The van der Waals surface area contributed by atoms with Crippen LogP contribution >= 0.6 is 15.9 Å². The smallest absolute Gasteiger partial charge is 0.0970 e. The number of aryl methyl sites for hydroxylation is 1. The molecule has 0 spiro atoms. The molecule has 5 heteroatoms. The van der Waals surface area contributed by atoms with Crippen molar-refractivity contribution in [3.63, 3.8) is 0 Å². The second kappa shape index (κ2) is 6.73. The molecule has 27 heavy (non-hydrogen) atoms. The van der Waals surface area contributed by atoms with Crippen LogP contribution in [0.3, 0.4) is 0 Å². The van der Waals surface area contributed by atoms with Crippen molar-refractivity contribution in [1.29, 1.82) is 0 Å². The van der Waals surface area contributed by atoms with Gasteiger partial charge in [0.1, 0.15) is 0 Å². The Balaban J connectivity index is 1.68. The fraction of sp³-hybridized carbons (Fsp3) is 0.409. The molecule has 1 N–H and O–H groups in total. The first kappa shape index (κ1) is 17.4. The van der Waals surface area contributed by atoms with Gasteiger partial charge < -0.3 is 9.67 Å². The van der Waals surface area contributed by atoms with Crippen LogP contribution in [0.15, 0.2) is 41.1 Å². The van der Waals surface area contributed by atoms with Gasteiger partial charge in [0.2, 0.25) is 0 Å². The number of halogens is 1. The van der Waals surface area contributed by atoms with Crippen molar-refractivity contribution < 1.29 is 5.11 Å². The van der Waals surface area contributed by atoms with Crippen molar-refractivity contribution >= 4 is 26.8 Å². The summed E-state index contributed by atoms with van der Waals surface area (Å²) >= 11 is 3.88. The summed E-state index contributed by atoms with van der Waals surface area (Å²) in [7, 11) is 0. The first-order valence-corrected chi connectivity index (χ1v) is 10.6. The predicted molar refractivity (Wildman–Crippen MR) is 111 cm³/mol. The monoisotopic (exact) mass is 425 g/mol. The second-order valence-corrected chi connectivity index (χ2v) is 8.59. The molecular weight excluding hydrogens is 402 g/mol. The van der Waals surface area contributed by atoms with E-state index in [-0.39, 0.29) is 0 Å². The van der Waals surface area contributed by atoms with Crippen molar-refractivity contribution in [2.45, 2.75) is 44.9 Å². The molecule has 2 atom stereocenters.